The molecule has 5 nitrogen and oxygen atoms in total. The maximum absolute atomic E-state index is 12.6. The summed E-state index contributed by atoms with van der Waals surface area (Å²) in [6, 6.07) is 3.70. The highest BCUT2D eigenvalue weighted by atomic mass is 35.5. The third-order valence-corrected chi connectivity index (χ3v) is 5.80. The third-order valence-electron chi connectivity index (χ3n) is 5.52. The monoisotopic (exact) mass is 350 g/mol. The highest BCUT2D eigenvalue weighted by Crippen LogP contribution is 2.39. The van der Waals surface area contributed by atoms with E-state index in [-0.39, 0.29) is 5.91 Å². The van der Waals surface area contributed by atoms with E-state index in [9.17, 15) is 4.79 Å². The van der Waals surface area contributed by atoms with E-state index in [1.165, 1.54) is 6.42 Å². The van der Waals surface area contributed by atoms with Crippen LogP contribution in [-0.2, 0) is 11.2 Å². The lowest BCUT2D eigenvalue weighted by atomic mass is 9.78. The normalized spacial score (nSPS) is 22.0. The van der Waals surface area contributed by atoms with Crippen LogP contribution in [0.2, 0.25) is 5.02 Å². The van der Waals surface area contributed by atoms with Crippen LogP contribution >= 0.6 is 11.6 Å². The minimum absolute atomic E-state index is 0.170. The Morgan fingerprint density at radius 2 is 2.00 bits per heavy atom. The fourth-order valence-electron chi connectivity index (χ4n) is 4.01. The van der Waals surface area contributed by atoms with Gasteiger partial charge in [0.25, 0.3) is 0 Å². The Kier molecular flexibility index (Phi) is 4.31. The van der Waals surface area contributed by atoms with Gasteiger partial charge in [-0.2, -0.15) is 0 Å². The fourth-order valence-corrected chi connectivity index (χ4v) is 4.29. The second-order valence-electron chi connectivity index (χ2n) is 7.09. The molecule has 0 radical (unpaired) electrons. The SMILES string of the molecule is O=C(Cc1cc(Cl)c2c(c1)OCCO2)N1CCC2(CCNC2)CC1. The molecule has 1 N–H and O–H groups in total. The highest BCUT2D eigenvalue weighted by Gasteiger charge is 2.38. The molecule has 1 aromatic rings. The molecule has 4 rings (SSSR count). The number of fused-ring (bicyclic) bond motifs is 1. The van der Waals surface area contributed by atoms with Crippen LogP contribution in [0.25, 0.3) is 0 Å². The maximum Gasteiger partial charge on any atom is 0.226 e. The average Bonchev–Trinajstić information content (AvgIpc) is 3.03. The van der Waals surface area contributed by atoms with Gasteiger partial charge in [-0.3, -0.25) is 4.79 Å². The number of hydrogen-bond donors (Lipinski definition) is 1. The molecule has 2 fully saturated rings. The van der Waals surface area contributed by atoms with Gasteiger partial charge in [-0.25, -0.2) is 0 Å². The van der Waals surface area contributed by atoms with Crippen molar-refractivity contribution in [3.8, 4) is 11.5 Å². The number of nitrogens with one attached hydrogen (secondary N) is 1. The van der Waals surface area contributed by atoms with Crippen molar-refractivity contribution in [2.45, 2.75) is 25.7 Å². The van der Waals surface area contributed by atoms with Gasteiger partial charge < -0.3 is 19.7 Å². The topological polar surface area (TPSA) is 50.8 Å². The molecule has 130 valence electrons. The number of carbonyl (C=O) groups excluding carboxylic acids is 1. The van der Waals surface area contributed by atoms with E-state index in [2.05, 4.69) is 5.32 Å². The number of hydrogen-bond acceptors (Lipinski definition) is 4. The standard InChI is InChI=1S/C18H23ClN2O3/c19-14-9-13(10-15-17(14)24-8-7-23-15)11-16(22)21-5-2-18(3-6-21)1-4-20-12-18/h9-10,20H,1-8,11-12H2. The number of piperidine rings is 1. The molecule has 0 atom stereocenters. The van der Waals surface area contributed by atoms with Gasteiger partial charge in [0.1, 0.15) is 13.2 Å². The van der Waals surface area contributed by atoms with Crippen molar-refractivity contribution in [2.24, 2.45) is 5.41 Å². The number of carbonyl (C=O) groups is 1. The number of rotatable bonds is 2. The first-order chi connectivity index (χ1) is 11.7. The number of ether oxygens (including phenoxy) is 2. The molecule has 3 aliphatic rings. The van der Waals surface area contributed by atoms with Crippen LogP contribution < -0.4 is 14.8 Å². The van der Waals surface area contributed by atoms with E-state index in [0.29, 0.717) is 41.6 Å². The smallest absolute Gasteiger partial charge is 0.226 e. The van der Waals surface area contributed by atoms with E-state index in [0.717, 1.165) is 44.6 Å². The van der Waals surface area contributed by atoms with Gasteiger partial charge in [0.2, 0.25) is 5.91 Å². The van der Waals surface area contributed by atoms with Crippen molar-refractivity contribution in [3.05, 3.63) is 22.7 Å². The molecule has 0 saturated carbocycles. The van der Waals surface area contributed by atoms with Crippen molar-refractivity contribution in [1.82, 2.24) is 10.2 Å². The second-order valence-corrected chi connectivity index (χ2v) is 7.49. The van der Waals surface area contributed by atoms with Gasteiger partial charge in [0.15, 0.2) is 11.5 Å². The first kappa shape index (κ1) is 16.0. The van der Waals surface area contributed by atoms with Crippen LogP contribution in [0.5, 0.6) is 11.5 Å². The van der Waals surface area contributed by atoms with Crippen LogP contribution in [0.3, 0.4) is 0 Å². The van der Waals surface area contributed by atoms with Crippen molar-refractivity contribution in [2.75, 3.05) is 39.4 Å². The predicted molar refractivity (Wildman–Crippen MR) is 91.9 cm³/mol. The molecule has 1 amide bonds. The van der Waals surface area contributed by atoms with Gasteiger partial charge in [-0.1, -0.05) is 11.6 Å². The van der Waals surface area contributed by atoms with Crippen LogP contribution in [0, 0.1) is 5.41 Å². The summed E-state index contributed by atoms with van der Waals surface area (Å²) in [5.41, 5.74) is 1.31. The van der Waals surface area contributed by atoms with E-state index >= 15 is 0 Å². The predicted octanol–water partition coefficient (Wildman–Crippen LogP) is 2.26. The van der Waals surface area contributed by atoms with Crippen LogP contribution in [0.15, 0.2) is 12.1 Å². The third kappa shape index (κ3) is 3.07. The van der Waals surface area contributed by atoms with E-state index < -0.39 is 0 Å². The Hall–Kier alpha value is -1.46. The minimum Gasteiger partial charge on any atom is -0.486 e. The van der Waals surface area contributed by atoms with Crippen LogP contribution in [0.1, 0.15) is 24.8 Å². The molecule has 3 heterocycles. The Morgan fingerprint density at radius 1 is 1.21 bits per heavy atom. The Labute approximate surface area is 147 Å². The first-order valence-electron chi connectivity index (χ1n) is 8.72. The summed E-state index contributed by atoms with van der Waals surface area (Å²) in [5.74, 6) is 1.41. The summed E-state index contributed by atoms with van der Waals surface area (Å²) < 4.78 is 11.1. The zero-order valence-corrected chi connectivity index (χ0v) is 14.5. The van der Waals surface area contributed by atoms with Gasteiger partial charge >= 0.3 is 0 Å². The summed E-state index contributed by atoms with van der Waals surface area (Å²) >= 11 is 6.26. The van der Waals surface area contributed by atoms with Crippen molar-refractivity contribution < 1.29 is 14.3 Å². The number of nitrogens with zero attached hydrogens (tertiary/aromatic N) is 1. The minimum atomic E-state index is 0.170. The van der Waals surface area contributed by atoms with Gasteiger partial charge in [-0.15, -0.1) is 0 Å². The molecule has 1 spiro atoms. The summed E-state index contributed by atoms with van der Waals surface area (Å²) in [5, 5.41) is 3.98. The van der Waals surface area contributed by atoms with E-state index in [1.807, 2.05) is 17.0 Å². The molecule has 24 heavy (non-hydrogen) atoms. The fraction of sp³-hybridized carbons (Fsp3) is 0.611. The number of benzene rings is 1. The molecule has 3 aliphatic heterocycles. The van der Waals surface area contributed by atoms with Gasteiger partial charge in [-0.05, 0) is 48.9 Å². The molecular formula is C18H23ClN2O3. The molecular weight excluding hydrogens is 328 g/mol. The summed E-state index contributed by atoms with van der Waals surface area (Å²) in [6.45, 7) is 4.96. The van der Waals surface area contributed by atoms with Gasteiger partial charge in [0.05, 0.1) is 11.4 Å². The quantitative estimate of drug-likeness (QED) is 0.889. The molecule has 1 aromatic carbocycles. The van der Waals surface area contributed by atoms with Crippen molar-refractivity contribution in [3.63, 3.8) is 0 Å². The van der Waals surface area contributed by atoms with Crippen LogP contribution in [0.4, 0.5) is 0 Å². The molecule has 0 aliphatic carbocycles. The molecule has 0 unspecified atom stereocenters. The van der Waals surface area contributed by atoms with Crippen molar-refractivity contribution in [1.29, 1.82) is 0 Å². The van der Waals surface area contributed by atoms with Crippen LogP contribution in [-0.4, -0.2) is 50.2 Å². The zero-order valence-electron chi connectivity index (χ0n) is 13.8. The Balaban J connectivity index is 1.40. The number of amides is 1. The molecule has 2 saturated heterocycles. The largest absolute Gasteiger partial charge is 0.486 e. The number of halogens is 1. The summed E-state index contributed by atoms with van der Waals surface area (Å²) in [7, 11) is 0. The lowest BCUT2D eigenvalue weighted by Gasteiger charge is -2.39. The Bertz CT molecular complexity index is 633. The Morgan fingerprint density at radius 3 is 2.75 bits per heavy atom. The molecule has 6 heteroatoms. The second kappa shape index (κ2) is 6.45. The average molecular weight is 351 g/mol. The molecule has 0 bridgehead atoms. The number of likely N-dealkylation sites (tertiary alicyclic amines) is 1. The molecule has 0 aromatic heterocycles. The van der Waals surface area contributed by atoms with E-state index in [1.54, 1.807) is 0 Å². The first-order valence-corrected chi connectivity index (χ1v) is 9.10. The van der Waals surface area contributed by atoms with E-state index in [4.69, 9.17) is 21.1 Å². The zero-order chi connectivity index (χ0) is 16.6. The maximum atomic E-state index is 12.6. The van der Waals surface area contributed by atoms with Gasteiger partial charge in [0, 0.05) is 19.6 Å². The van der Waals surface area contributed by atoms with Crippen molar-refractivity contribution >= 4 is 17.5 Å². The highest BCUT2D eigenvalue weighted by molar-refractivity contribution is 6.32. The lowest BCUT2D eigenvalue weighted by molar-refractivity contribution is -0.132. The summed E-state index contributed by atoms with van der Waals surface area (Å²) in [6.07, 6.45) is 3.82. The summed E-state index contributed by atoms with van der Waals surface area (Å²) in [4.78, 5) is 14.6. The lowest BCUT2D eigenvalue weighted by Crippen LogP contribution is -2.44.